The Morgan fingerprint density at radius 1 is 1.27 bits per heavy atom. The van der Waals surface area contributed by atoms with Crippen LogP contribution in [0.4, 0.5) is 4.39 Å². The Kier molecular flexibility index (Phi) is 14.3. The van der Waals surface area contributed by atoms with E-state index >= 15 is 0 Å². The number of nitrogens with one attached hydrogen (secondary N) is 2. The number of nitrogens with zero attached hydrogens (tertiary/aromatic N) is 2. The summed E-state index contributed by atoms with van der Waals surface area (Å²) in [6.07, 6.45) is -0.225. The van der Waals surface area contributed by atoms with Crippen LogP contribution in [0.3, 0.4) is 0 Å². The molecule has 2 N–H and O–H groups in total. The van der Waals surface area contributed by atoms with Gasteiger partial charge in [0.15, 0.2) is 17.5 Å². The van der Waals surface area contributed by atoms with Gasteiger partial charge in [-0.1, -0.05) is 12.1 Å². The van der Waals surface area contributed by atoms with Crippen LogP contribution >= 0.6 is 24.0 Å². The fourth-order valence-electron chi connectivity index (χ4n) is 2.08. The highest BCUT2D eigenvalue weighted by Crippen LogP contribution is 2.16. The molecule has 26 heavy (non-hydrogen) atoms. The lowest BCUT2D eigenvalue weighted by Gasteiger charge is -2.18. The lowest BCUT2D eigenvalue weighted by Crippen LogP contribution is -2.41. The maximum Gasteiger partial charge on any atom is 0.191 e. The molecule has 0 aliphatic heterocycles. The second-order valence-corrected chi connectivity index (χ2v) is 5.80. The van der Waals surface area contributed by atoms with Crippen LogP contribution in [0.15, 0.2) is 29.3 Å². The normalized spacial score (nSPS) is 12.5. The van der Waals surface area contributed by atoms with E-state index in [-0.39, 0.29) is 41.6 Å². The van der Waals surface area contributed by atoms with E-state index in [2.05, 4.69) is 27.6 Å². The predicted molar refractivity (Wildman–Crippen MR) is 115 cm³/mol. The van der Waals surface area contributed by atoms with E-state index in [0.29, 0.717) is 6.54 Å². The molecule has 150 valence electrons. The Hall–Kier alpha value is -1.13. The van der Waals surface area contributed by atoms with Gasteiger partial charge in [-0.15, -0.1) is 24.0 Å². The summed E-state index contributed by atoms with van der Waals surface area (Å²) in [6.45, 7) is 8.36. The lowest BCUT2D eigenvalue weighted by molar-refractivity contribution is 0.162. The third-order valence-corrected chi connectivity index (χ3v) is 3.48. The maximum absolute atomic E-state index is 13.6. The third kappa shape index (κ3) is 10.8. The van der Waals surface area contributed by atoms with Gasteiger partial charge < -0.3 is 25.0 Å². The molecule has 0 saturated heterocycles. The summed E-state index contributed by atoms with van der Waals surface area (Å²) in [7, 11) is 3.75. The number of rotatable bonds is 11. The zero-order chi connectivity index (χ0) is 18.5. The second-order valence-electron chi connectivity index (χ2n) is 5.80. The third-order valence-electron chi connectivity index (χ3n) is 3.48. The van der Waals surface area contributed by atoms with Crippen LogP contribution in [0.25, 0.3) is 0 Å². The molecule has 0 heterocycles. The minimum atomic E-state index is -0.359. The van der Waals surface area contributed by atoms with Gasteiger partial charge in [0.05, 0.1) is 13.2 Å². The van der Waals surface area contributed by atoms with E-state index < -0.39 is 0 Å². The average Bonchev–Trinajstić information content (AvgIpc) is 2.60. The molecule has 0 spiro atoms. The topological polar surface area (TPSA) is 58.1 Å². The van der Waals surface area contributed by atoms with Crippen molar-refractivity contribution in [2.75, 3.05) is 53.5 Å². The Labute approximate surface area is 173 Å². The van der Waals surface area contributed by atoms with Crippen molar-refractivity contribution in [1.29, 1.82) is 0 Å². The van der Waals surface area contributed by atoms with Crippen LogP contribution in [0.1, 0.15) is 13.8 Å². The van der Waals surface area contributed by atoms with E-state index in [1.54, 1.807) is 25.3 Å². The van der Waals surface area contributed by atoms with E-state index in [4.69, 9.17) is 9.47 Å². The number of guanidine groups is 1. The molecule has 0 radical (unpaired) electrons. The minimum absolute atomic E-state index is 0. The smallest absolute Gasteiger partial charge is 0.191 e. The van der Waals surface area contributed by atoms with E-state index in [1.165, 1.54) is 6.07 Å². The first-order valence-electron chi connectivity index (χ1n) is 8.67. The zero-order valence-corrected chi connectivity index (χ0v) is 18.5. The summed E-state index contributed by atoms with van der Waals surface area (Å²) in [5, 5.41) is 6.48. The van der Waals surface area contributed by atoms with Crippen molar-refractivity contribution >= 4 is 29.9 Å². The van der Waals surface area contributed by atoms with Gasteiger partial charge in [0.1, 0.15) is 6.10 Å². The molecule has 8 heteroatoms. The van der Waals surface area contributed by atoms with Gasteiger partial charge in [0.2, 0.25) is 0 Å². The summed E-state index contributed by atoms with van der Waals surface area (Å²) in [4.78, 5) is 6.69. The van der Waals surface area contributed by atoms with Crippen LogP contribution in [-0.4, -0.2) is 70.5 Å². The van der Waals surface area contributed by atoms with Crippen LogP contribution in [0.2, 0.25) is 0 Å². The zero-order valence-electron chi connectivity index (χ0n) is 16.1. The molecular weight excluding hydrogens is 450 g/mol. The van der Waals surface area contributed by atoms with Gasteiger partial charge >= 0.3 is 0 Å². The van der Waals surface area contributed by atoms with Crippen molar-refractivity contribution in [3.63, 3.8) is 0 Å². The van der Waals surface area contributed by atoms with Crippen molar-refractivity contribution in [2.45, 2.75) is 20.0 Å². The molecule has 0 amide bonds. The van der Waals surface area contributed by atoms with Gasteiger partial charge in [0.25, 0.3) is 0 Å². The molecule has 0 aliphatic rings. The average molecular weight is 482 g/mol. The number of methoxy groups -OCH3 is 1. The largest absolute Gasteiger partial charge is 0.486 e. The van der Waals surface area contributed by atoms with Gasteiger partial charge in [-0.2, -0.15) is 0 Å². The first-order chi connectivity index (χ1) is 12.1. The maximum atomic E-state index is 13.6. The summed E-state index contributed by atoms with van der Waals surface area (Å²) in [5.41, 5.74) is 0. The number of likely N-dealkylation sites (N-methyl/N-ethyl adjacent to an activating group) is 1. The molecule has 0 aliphatic carbocycles. The molecule has 0 aromatic heterocycles. The first-order valence-corrected chi connectivity index (χ1v) is 8.67. The van der Waals surface area contributed by atoms with E-state index in [1.807, 2.05) is 13.8 Å². The van der Waals surface area contributed by atoms with Gasteiger partial charge in [-0.25, -0.2) is 9.38 Å². The van der Waals surface area contributed by atoms with E-state index in [9.17, 15) is 4.39 Å². The molecule has 1 atom stereocenters. The van der Waals surface area contributed by atoms with Gasteiger partial charge in [-0.3, -0.25) is 0 Å². The summed E-state index contributed by atoms with van der Waals surface area (Å²) < 4.78 is 24.3. The molecule has 0 bridgehead atoms. The van der Waals surface area contributed by atoms with Crippen molar-refractivity contribution in [3.8, 4) is 5.75 Å². The highest BCUT2D eigenvalue weighted by Gasteiger charge is 2.08. The van der Waals surface area contributed by atoms with Crippen molar-refractivity contribution in [2.24, 2.45) is 4.99 Å². The highest BCUT2D eigenvalue weighted by atomic mass is 127. The fourth-order valence-corrected chi connectivity index (χ4v) is 2.08. The minimum Gasteiger partial charge on any atom is -0.486 e. The van der Waals surface area contributed by atoms with Crippen LogP contribution < -0.4 is 15.4 Å². The van der Waals surface area contributed by atoms with Crippen molar-refractivity contribution in [1.82, 2.24) is 15.5 Å². The number of ether oxygens (including phenoxy) is 2. The molecule has 1 aromatic rings. The number of halogens is 2. The van der Waals surface area contributed by atoms with Crippen molar-refractivity contribution < 1.29 is 13.9 Å². The summed E-state index contributed by atoms with van der Waals surface area (Å²) in [6, 6.07) is 6.40. The van der Waals surface area contributed by atoms with Crippen LogP contribution in [-0.2, 0) is 4.74 Å². The molecule has 6 nitrogen and oxygen atoms in total. The fraction of sp³-hybridized carbons (Fsp3) is 0.611. The quantitative estimate of drug-likeness (QED) is 0.288. The Bertz CT molecular complexity index is 520. The van der Waals surface area contributed by atoms with Gasteiger partial charge in [0, 0.05) is 33.3 Å². The Balaban J connectivity index is 0.00000625. The SMILES string of the molecule is CCNC(=NCC(C)Oc1ccccc1F)NCCN(C)CCOC.I. The first kappa shape index (κ1) is 24.9. The second kappa shape index (κ2) is 15.0. The molecule has 0 fully saturated rings. The summed E-state index contributed by atoms with van der Waals surface area (Å²) >= 11 is 0. The Morgan fingerprint density at radius 2 is 2.00 bits per heavy atom. The van der Waals surface area contributed by atoms with E-state index in [0.717, 1.165) is 38.7 Å². The molecule has 0 saturated carbocycles. The van der Waals surface area contributed by atoms with Gasteiger partial charge in [-0.05, 0) is 33.0 Å². The highest BCUT2D eigenvalue weighted by molar-refractivity contribution is 14.0. The lowest BCUT2D eigenvalue weighted by atomic mass is 10.3. The standard InChI is InChI=1S/C18H31FN4O2.HI/c1-5-20-18(21-10-11-23(3)12-13-24-4)22-14-15(2)25-17-9-7-6-8-16(17)19;/h6-9,15H,5,10-14H2,1-4H3,(H2,20,21,22);1H. The molecule has 1 rings (SSSR count). The molecule has 1 aromatic carbocycles. The summed E-state index contributed by atoms with van der Waals surface area (Å²) in [5.74, 6) is 0.622. The number of aliphatic imine (C=N–C) groups is 1. The number of hydrogen-bond donors (Lipinski definition) is 2. The number of benzene rings is 1. The number of para-hydroxylation sites is 1. The molecule has 1 unspecified atom stereocenters. The number of hydrogen-bond acceptors (Lipinski definition) is 4. The van der Waals surface area contributed by atoms with Crippen LogP contribution in [0.5, 0.6) is 5.75 Å². The monoisotopic (exact) mass is 482 g/mol. The van der Waals surface area contributed by atoms with Crippen LogP contribution in [0, 0.1) is 5.82 Å². The van der Waals surface area contributed by atoms with Crippen molar-refractivity contribution in [3.05, 3.63) is 30.1 Å². The predicted octanol–water partition coefficient (Wildman–Crippen LogP) is 2.34. The Morgan fingerprint density at radius 3 is 2.65 bits per heavy atom. The molecular formula is C18H32FIN4O2.